The molecule has 2 aromatic heterocycles. The number of likely N-dealkylation sites (tertiary alicyclic amines) is 1. The van der Waals surface area contributed by atoms with E-state index < -0.39 is 5.82 Å². The molecule has 3 aromatic carbocycles. The Balaban J connectivity index is 1.31. The minimum atomic E-state index is -0.415. The second kappa shape index (κ2) is 9.37. The van der Waals surface area contributed by atoms with Gasteiger partial charge in [0.25, 0.3) is 5.91 Å². The van der Waals surface area contributed by atoms with Gasteiger partial charge in [0.1, 0.15) is 11.5 Å². The zero-order valence-electron chi connectivity index (χ0n) is 19.8. The second-order valence-corrected chi connectivity index (χ2v) is 9.56. The summed E-state index contributed by atoms with van der Waals surface area (Å²) in [4.78, 5) is 31.1. The lowest BCUT2D eigenvalue weighted by Crippen LogP contribution is -2.41. The predicted molar refractivity (Wildman–Crippen MR) is 141 cm³/mol. The molecule has 1 saturated heterocycles. The summed E-state index contributed by atoms with van der Waals surface area (Å²) < 4.78 is 17.9. The number of piperidine rings is 1. The number of hydrogen-bond acceptors (Lipinski definition) is 3. The number of imidazole rings is 1. The summed E-state index contributed by atoms with van der Waals surface area (Å²) in [5.74, 6) is -0.623. The highest BCUT2D eigenvalue weighted by molar-refractivity contribution is 6.30. The third-order valence-electron chi connectivity index (χ3n) is 6.87. The highest BCUT2D eigenvalue weighted by Crippen LogP contribution is 2.29. The molecule has 0 atom stereocenters. The van der Waals surface area contributed by atoms with E-state index in [9.17, 15) is 14.0 Å². The molecule has 0 spiro atoms. The molecule has 0 radical (unpaired) electrons. The first-order valence-electron chi connectivity index (χ1n) is 12.1. The van der Waals surface area contributed by atoms with Gasteiger partial charge in [-0.1, -0.05) is 41.9 Å². The molecular weight excluding hydrogens is 493 g/mol. The Kier molecular flexibility index (Phi) is 5.88. The minimum Gasteiger partial charge on any atom is -0.337 e. The highest BCUT2D eigenvalue weighted by atomic mass is 35.5. The van der Waals surface area contributed by atoms with Crippen LogP contribution in [0.15, 0.2) is 83.7 Å². The molecule has 0 saturated carbocycles. The number of aromatic amines is 1. The molecule has 1 amide bonds. The Bertz CT molecular complexity index is 1680. The van der Waals surface area contributed by atoms with Crippen LogP contribution in [0, 0.1) is 5.82 Å². The fourth-order valence-electron chi connectivity index (χ4n) is 5.06. The molecule has 37 heavy (non-hydrogen) atoms. The van der Waals surface area contributed by atoms with Crippen LogP contribution in [0.1, 0.15) is 29.4 Å². The number of para-hydroxylation sites is 2. The Morgan fingerprint density at radius 3 is 2.51 bits per heavy atom. The van der Waals surface area contributed by atoms with Gasteiger partial charge in [-0.25, -0.2) is 13.9 Å². The van der Waals surface area contributed by atoms with Crippen molar-refractivity contribution in [2.24, 2.45) is 0 Å². The normalized spacial score (nSPS) is 14.4. The highest BCUT2D eigenvalue weighted by Gasteiger charge is 2.29. The number of halogens is 2. The first-order valence-corrected chi connectivity index (χ1v) is 12.5. The molecule has 1 aliphatic rings. The van der Waals surface area contributed by atoms with Crippen molar-refractivity contribution in [3.8, 4) is 16.9 Å². The monoisotopic (exact) mass is 515 g/mol. The molecule has 186 valence electrons. The van der Waals surface area contributed by atoms with E-state index in [2.05, 4.69) is 10.1 Å². The van der Waals surface area contributed by atoms with E-state index in [4.69, 9.17) is 11.6 Å². The van der Waals surface area contributed by atoms with E-state index >= 15 is 0 Å². The average Bonchev–Trinajstić information content (AvgIpc) is 3.50. The molecule has 0 unspecified atom stereocenters. The summed E-state index contributed by atoms with van der Waals surface area (Å²) in [6, 6.07) is 22.6. The van der Waals surface area contributed by atoms with Crippen molar-refractivity contribution in [2.45, 2.75) is 18.9 Å². The predicted octanol–water partition coefficient (Wildman–Crippen LogP) is 5.45. The zero-order chi connectivity index (χ0) is 25.5. The third-order valence-corrected chi connectivity index (χ3v) is 7.11. The fourth-order valence-corrected chi connectivity index (χ4v) is 5.25. The molecule has 1 N–H and O–H groups in total. The Hall–Kier alpha value is -4.17. The summed E-state index contributed by atoms with van der Waals surface area (Å²) in [6.07, 6.45) is 1.28. The SMILES string of the molecule is O=C(c1cc(-c2ccccc2F)nn1-c1cccc(Cl)c1)N1CCC(n2c(=O)[nH]c3ccccc32)CC1. The number of nitrogens with one attached hydrogen (secondary N) is 1. The van der Waals surface area contributed by atoms with Gasteiger partial charge in [0.2, 0.25) is 0 Å². The van der Waals surface area contributed by atoms with Crippen LogP contribution in [-0.4, -0.2) is 43.2 Å². The number of hydrogen-bond donors (Lipinski definition) is 1. The number of aromatic nitrogens is 4. The van der Waals surface area contributed by atoms with E-state index in [1.54, 1.807) is 58.0 Å². The van der Waals surface area contributed by atoms with Crippen molar-refractivity contribution in [3.05, 3.63) is 106 Å². The van der Waals surface area contributed by atoms with Crippen molar-refractivity contribution >= 4 is 28.5 Å². The maximum Gasteiger partial charge on any atom is 0.326 e. The van der Waals surface area contributed by atoms with Crippen molar-refractivity contribution in [3.63, 3.8) is 0 Å². The van der Waals surface area contributed by atoms with E-state index in [-0.39, 0.29) is 17.6 Å². The quantitative estimate of drug-likeness (QED) is 0.346. The van der Waals surface area contributed by atoms with Crippen LogP contribution in [0.4, 0.5) is 4.39 Å². The van der Waals surface area contributed by atoms with Crippen LogP contribution < -0.4 is 5.69 Å². The molecule has 0 aliphatic carbocycles. The van der Waals surface area contributed by atoms with Crippen LogP contribution in [0.5, 0.6) is 0 Å². The first kappa shape index (κ1) is 23.2. The summed E-state index contributed by atoms with van der Waals surface area (Å²) in [5.41, 5.74) is 3.14. The summed E-state index contributed by atoms with van der Waals surface area (Å²) in [7, 11) is 0. The number of carbonyl (C=O) groups is 1. The number of H-pyrrole nitrogens is 1. The van der Waals surface area contributed by atoms with Crippen molar-refractivity contribution in [1.29, 1.82) is 0 Å². The number of rotatable bonds is 4. The van der Waals surface area contributed by atoms with Crippen molar-refractivity contribution in [2.75, 3.05) is 13.1 Å². The standard InChI is InChI=1S/C28H23ClFN5O2/c29-18-6-5-7-20(16-18)35-26(17-24(32-35)21-8-1-2-9-22(21)30)27(36)33-14-12-19(13-15-33)34-25-11-4-3-10-23(25)31-28(34)37/h1-11,16-17,19H,12-15H2,(H,31,37). The first-order chi connectivity index (χ1) is 18.0. The summed E-state index contributed by atoms with van der Waals surface area (Å²) >= 11 is 6.22. The number of carbonyl (C=O) groups excluding carboxylic acids is 1. The van der Waals surface area contributed by atoms with E-state index in [0.717, 1.165) is 11.0 Å². The van der Waals surface area contributed by atoms with Gasteiger partial charge in [0.15, 0.2) is 0 Å². The van der Waals surface area contributed by atoms with Gasteiger partial charge in [-0.3, -0.25) is 9.36 Å². The Labute approximate surface area is 216 Å². The Morgan fingerprint density at radius 1 is 0.973 bits per heavy atom. The van der Waals surface area contributed by atoms with E-state index in [1.165, 1.54) is 10.7 Å². The van der Waals surface area contributed by atoms with Crippen LogP contribution in [0.2, 0.25) is 5.02 Å². The zero-order valence-corrected chi connectivity index (χ0v) is 20.5. The third kappa shape index (κ3) is 4.23. The summed E-state index contributed by atoms with van der Waals surface area (Å²) in [6.45, 7) is 0.955. The molecular formula is C28H23ClFN5O2. The van der Waals surface area contributed by atoms with E-state index in [1.807, 2.05) is 24.3 Å². The molecule has 3 heterocycles. The van der Waals surface area contributed by atoms with E-state index in [0.29, 0.717) is 53.6 Å². The van der Waals surface area contributed by atoms with Gasteiger partial charge >= 0.3 is 5.69 Å². The van der Waals surface area contributed by atoms with Gasteiger partial charge < -0.3 is 9.88 Å². The number of fused-ring (bicyclic) bond motifs is 1. The van der Waals surface area contributed by atoms with Gasteiger partial charge in [-0.15, -0.1) is 0 Å². The van der Waals surface area contributed by atoms with Crippen LogP contribution in [0.25, 0.3) is 28.0 Å². The molecule has 0 bridgehead atoms. The van der Waals surface area contributed by atoms with Gasteiger partial charge in [-0.05, 0) is 61.4 Å². The topological polar surface area (TPSA) is 75.9 Å². The smallest absolute Gasteiger partial charge is 0.326 e. The summed E-state index contributed by atoms with van der Waals surface area (Å²) in [5, 5.41) is 5.09. The molecule has 7 nitrogen and oxygen atoms in total. The second-order valence-electron chi connectivity index (χ2n) is 9.13. The lowest BCUT2D eigenvalue weighted by molar-refractivity contribution is 0.0685. The fraction of sp³-hybridized carbons (Fsp3) is 0.179. The maximum atomic E-state index is 14.6. The lowest BCUT2D eigenvalue weighted by Gasteiger charge is -2.32. The minimum absolute atomic E-state index is 0.0143. The van der Waals surface area contributed by atoms with Crippen LogP contribution in [0.3, 0.4) is 0 Å². The molecule has 1 aliphatic heterocycles. The van der Waals surface area contributed by atoms with Gasteiger partial charge in [-0.2, -0.15) is 5.10 Å². The largest absolute Gasteiger partial charge is 0.337 e. The van der Waals surface area contributed by atoms with Crippen molar-refractivity contribution < 1.29 is 9.18 Å². The molecule has 9 heteroatoms. The van der Waals surface area contributed by atoms with Crippen LogP contribution in [-0.2, 0) is 0 Å². The average molecular weight is 516 g/mol. The van der Waals surface area contributed by atoms with Gasteiger partial charge in [0.05, 0.1) is 22.4 Å². The molecule has 6 rings (SSSR count). The number of benzene rings is 3. The molecule has 5 aromatic rings. The number of nitrogens with zero attached hydrogens (tertiary/aromatic N) is 4. The maximum absolute atomic E-state index is 14.6. The molecule has 1 fully saturated rings. The van der Waals surface area contributed by atoms with Crippen molar-refractivity contribution in [1.82, 2.24) is 24.2 Å². The van der Waals surface area contributed by atoms with Crippen LogP contribution >= 0.6 is 11.6 Å². The lowest BCUT2D eigenvalue weighted by atomic mass is 10.0. The number of amides is 1. The van der Waals surface area contributed by atoms with Gasteiger partial charge in [0, 0.05) is 29.7 Å². The Morgan fingerprint density at radius 2 is 1.73 bits per heavy atom.